The summed E-state index contributed by atoms with van der Waals surface area (Å²) in [6, 6.07) is 0.605. The second-order valence-corrected chi connectivity index (χ2v) is 4.00. The van der Waals surface area contributed by atoms with E-state index in [-0.39, 0.29) is 6.29 Å². The van der Waals surface area contributed by atoms with Gasteiger partial charge in [-0.05, 0) is 19.3 Å². The number of nitrogens with zero attached hydrogens (tertiary/aromatic N) is 1. The van der Waals surface area contributed by atoms with Gasteiger partial charge in [-0.3, -0.25) is 4.84 Å². The summed E-state index contributed by atoms with van der Waals surface area (Å²) in [6.45, 7) is 6.30. The highest BCUT2D eigenvalue weighted by Crippen LogP contribution is 2.24. The zero-order valence-electron chi connectivity index (χ0n) is 7.82. The van der Waals surface area contributed by atoms with Gasteiger partial charge in [0.2, 0.25) is 0 Å². The third kappa shape index (κ3) is 1.97. The van der Waals surface area contributed by atoms with Gasteiger partial charge in [-0.1, -0.05) is 6.92 Å². The molecule has 12 heavy (non-hydrogen) atoms. The van der Waals surface area contributed by atoms with Crippen LogP contribution in [0.2, 0.25) is 0 Å². The molecule has 0 amide bonds. The number of ether oxygens (including phenoxy) is 1. The average molecular weight is 171 g/mol. The Morgan fingerprint density at radius 3 is 2.58 bits per heavy atom. The fraction of sp³-hybridized carbons (Fsp3) is 1.00. The first-order valence-corrected chi connectivity index (χ1v) is 4.80. The van der Waals surface area contributed by atoms with Crippen molar-refractivity contribution in [2.24, 2.45) is 5.92 Å². The third-order valence-corrected chi connectivity index (χ3v) is 2.52. The van der Waals surface area contributed by atoms with Gasteiger partial charge in [-0.25, -0.2) is 0 Å². The zero-order valence-corrected chi connectivity index (χ0v) is 7.82. The van der Waals surface area contributed by atoms with Crippen LogP contribution in [0.25, 0.3) is 0 Å². The SMILES string of the molecule is CC1CCC(ON2CC2C)OC1. The highest BCUT2D eigenvalue weighted by Gasteiger charge is 2.34. The van der Waals surface area contributed by atoms with Crippen molar-refractivity contribution in [3.63, 3.8) is 0 Å². The lowest BCUT2D eigenvalue weighted by atomic mass is 10.0. The Bertz CT molecular complexity index is 155. The molecule has 4 unspecified atom stereocenters. The summed E-state index contributed by atoms with van der Waals surface area (Å²) in [7, 11) is 0. The molecule has 2 aliphatic heterocycles. The van der Waals surface area contributed by atoms with E-state index in [1.54, 1.807) is 0 Å². The molecule has 4 atom stereocenters. The van der Waals surface area contributed by atoms with Crippen molar-refractivity contribution in [1.29, 1.82) is 0 Å². The average Bonchev–Trinajstić information content (AvgIpc) is 2.72. The highest BCUT2D eigenvalue weighted by molar-refractivity contribution is 4.77. The second-order valence-electron chi connectivity index (χ2n) is 4.00. The molecule has 0 aliphatic carbocycles. The van der Waals surface area contributed by atoms with Gasteiger partial charge >= 0.3 is 0 Å². The molecule has 0 N–H and O–H groups in total. The van der Waals surface area contributed by atoms with Gasteiger partial charge in [0.1, 0.15) is 0 Å². The molecule has 3 nitrogen and oxygen atoms in total. The van der Waals surface area contributed by atoms with Gasteiger partial charge in [0.15, 0.2) is 6.29 Å². The van der Waals surface area contributed by atoms with Gasteiger partial charge in [0, 0.05) is 19.0 Å². The minimum Gasteiger partial charge on any atom is -0.351 e. The number of rotatable bonds is 2. The van der Waals surface area contributed by atoms with E-state index in [2.05, 4.69) is 13.8 Å². The summed E-state index contributed by atoms with van der Waals surface area (Å²) in [6.07, 6.45) is 2.31. The predicted molar refractivity (Wildman–Crippen MR) is 45.4 cm³/mol. The Kier molecular flexibility index (Phi) is 2.35. The number of hydroxylamine groups is 2. The van der Waals surface area contributed by atoms with Crippen molar-refractivity contribution in [2.45, 2.75) is 39.0 Å². The van der Waals surface area contributed by atoms with Crippen LogP contribution in [0.4, 0.5) is 0 Å². The van der Waals surface area contributed by atoms with E-state index in [0.29, 0.717) is 12.0 Å². The Hall–Kier alpha value is -0.120. The van der Waals surface area contributed by atoms with Crippen molar-refractivity contribution in [3.8, 4) is 0 Å². The molecule has 0 radical (unpaired) electrons. The molecule has 2 aliphatic rings. The van der Waals surface area contributed by atoms with Crippen LogP contribution >= 0.6 is 0 Å². The van der Waals surface area contributed by atoms with Crippen molar-refractivity contribution < 1.29 is 9.57 Å². The van der Waals surface area contributed by atoms with E-state index in [9.17, 15) is 0 Å². The van der Waals surface area contributed by atoms with Gasteiger partial charge in [-0.15, -0.1) is 0 Å². The molecule has 2 rings (SSSR count). The molecule has 70 valence electrons. The lowest BCUT2D eigenvalue weighted by Gasteiger charge is -2.26. The molecule has 0 aromatic heterocycles. The van der Waals surface area contributed by atoms with Crippen LogP contribution in [0.1, 0.15) is 26.7 Å². The van der Waals surface area contributed by atoms with Crippen molar-refractivity contribution in [2.75, 3.05) is 13.2 Å². The summed E-state index contributed by atoms with van der Waals surface area (Å²) in [4.78, 5) is 5.57. The quantitative estimate of drug-likeness (QED) is 0.586. The van der Waals surface area contributed by atoms with Crippen LogP contribution in [0.5, 0.6) is 0 Å². The molecular formula is C9H17NO2. The van der Waals surface area contributed by atoms with E-state index in [1.807, 2.05) is 5.06 Å². The maximum Gasteiger partial charge on any atom is 0.177 e. The molecular weight excluding hydrogens is 154 g/mol. The summed E-state index contributed by atoms with van der Waals surface area (Å²) in [5, 5.41) is 1.99. The first-order valence-electron chi connectivity index (χ1n) is 4.80. The molecule has 0 saturated carbocycles. The lowest BCUT2D eigenvalue weighted by molar-refractivity contribution is -0.255. The van der Waals surface area contributed by atoms with Crippen LogP contribution in [-0.2, 0) is 9.57 Å². The third-order valence-electron chi connectivity index (χ3n) is 2.52. The van der Waals surface area contributed by atoms with E-state index in [4.69, 9.17) is 9.57 Å². The van der Waals surface area contributed by atoms with Gasteiger partial charge in [-0.2, -0.15) is 5.06 Å². The first-order chi connectivity index (χ1) is 5.75. The predicted octanol–water partition coefficient (Wildman–Crippen LogP) is 1.39. The minimum absolute atomic E-state index is 0.0335. The summed E-state index contributed by atoms with van der Waals surface area (Å²) < 4.78 is 5.53. The van der Waals surface area contributed by atoms with Crippen LogP contribution in [0, 0.1) is 5.92 Å². The monoisotopic (exact) mass is 171 g/mol. The summed E-state index contributed by atoms with van der Waals surface area (Å²) in [5.41, 5.74) is 0. The van der Waals surface area contributed by atoms with Gasteiger partial charge < -0.3 is 4.74 Å². The van der Waals surface area contributed by atoms with Crippen molar-refractivity contribution >= 4 is 0 Å². The van der Waals surface area contributed by atoms with Gasteiger partial charge in [0.25, 0.3) is 0 Å². The fourth-order valence-electron chi connectivity index (χ4n) is 1.45. The molecule has 0 spiro atoms. The standard InChI is InChI=1S/C9H17NO2/c1-7-3-4-9(11-6-7)12-10-5-8(10)2/h7-9H,3-6H2,1-2H3. The van der Waals surface area contributed by atoms with Gasteiger partial charge in [0.05, 0.1) is 6.61 Å². The molecule has 0 bridgehead atoms. The molecule has 2 heterocycles. The fourth-order valence-corrected chi connectivity index (χ4v) is 1.45. The maximum atomic E-state index is 5.57. The minimum atomic E-state index is 0.0335. The largest absolute Gasteiger partial charge is 0.351 e. The van der Waals surface area contributed by atoms with E-state index in [1.165, 1.54) is 6.42 Å². The molecule has 2 saturated heterocycles. The molecule has 3 heteroatoms. The summed E-state index contributed by atoms with van der Waals surface area (Å²) in [5.74, 6) is 0.705. The Labute approximate surface area is 73.6 Å². The Morgan fingerprint density at radius 1 is 1.33 bits per heavy atom. The summed E-state index contributed by atoms with van der Waals surface area (Å²) >= 11 is 0. The smallest absolute Gasteiger partial charge is 0.177 e. The van der Waals surface area contributed by atoms with Crippen LogP contribution in [0.3, 0.4) is 0 Å². The van der Waals surface area contributed by atoms with E-state index < -0.39 is 0 Å². The molecule has 0 aromatic carbocycles. The Morgan fingerprint density at radius 2 is 2.08 bits per heavy atom. The lowest BCUT2D eigenvalue weighted by Crippen LogP contribution is -2.28. The number of hydrogen-bond acceptors (Lipinski definition) is 3. The molecule has 2 fully saturated rings. The normalized spacial score (nSPS) is 47.5. The highest BCUT2D eigenvalue weighted by atomic mass is 16.8. The number of hydrogen-bond donors (Lipinski definition) is 0. The van der Waals surface area contributed by atoms with Crippen molar-refractivity contribution in [1.82, 2.24) is 5.06 Å². The van der Waals surface area contributed by atoms with Crippen LogP contribution in [0.15, 0.2) is 0 Å². The Balaban J connectivity index is 1.68. The van der Waals surface area contributed by atoms with E-state index in [0.717, 1.165) is 19.6 Å². The van der Waals surface area contributed by atoms with E-state index >= 15 is 0 Å². The second kappa shape index (κ2) is 3.32. The van der Waals surface area contributed by atoms with Crippen molar-refractivity contribution in [3.05, 3.63) is 0 Å². The topological polar surface area (TPSA) is 21.5 Å². The maximum absolute atomic E-state index is 5.57. The van der Waals surface area contributed by atoms with Crippen LogP contribution in [-0.4, -0.2) is 30.5 Å². The van der Waals surface area contributed by atoms with Crippen LogP contribution < -0.4 is 0 Å². The first kappa shape index (κ1) is 8.48. The molecule has 0 aromatic rings. The zero-order chi connectivity index (χ0) is 8.55.